The molecule has 1 unspecified atom stereocenters. The molecule has 2 N–H and O–H groups in total. The van der Waals surface area contributed by atoms with Crippen molar-refractivity contribution in [1.82, 2.24) is 15.1 Å². The fraction of sp³-hybridized carbons (Fsp3) is 0.120. The van der Waals surface area contributed by atoms with Gasteiger partial charge >= 0.3 is 0 Å². The van der Waals surface area contributed by atoms with Gasteiger partial charge in [-0.15, -0.1) is 0 Å². The number of aromatic amines is 1. The molecule has 6 heteroatoms. The van der Waals surface area contributed by atoms with E-state index in [2.05, 4.69) is 38.3 Å². The van der Waals surface area contributed by atoms with E-state index in [9.17, 15) is 9.90 Å². The largest absolute Gasteiger partial charge is 0.507 e. The van der Waals surface area contributed by atoms with E-state index < -0.39 is 0 Å². The van der Waals surface area contributed by atoms with Crippen LogP contribution in [0, 0.1) is 0 Å². The summed E-state index contributed by atoms with van der Waals surface area (Å²) in [6.45, 7) is 0.576. The summed E-state index contributed by atoms with van der Waals surface area (Å²) in [5.41, 5.74) is 4.69. The zero-order valence-electron chi connectivity index (χ0n) is 16.6. The first-order chi connectivity index (χ1) is 15.1. The van der Waals surface area contributed by atoms with Gasteiger partial charge in [0.2, 0.25) is 0 Å². The van der Waals surface area contributed by atoms with Gasteiger partial charge in [0.25, 0.3) is 5.91 Å². The first kappa shape index (κ1) is 19.6. The number of fused-ring (bicyclic) bond motifs is 1. The zero-order valence-corrected chi connectivity index (χ0v) is 18.2. The number of hydrogen-bond donors (Lipinski definition) is 2. The molecule has 1 aliphatic rings. The van der Waals surface area contributed by atoms with E-state index in [1.54, 1.807) is 12.1 Å². The van der Waals surface area contributed by atoms with E-state index in [1.165, 1.54) is 5.56 Å². The van der Waals surface area contributed by atoms with Crippen LogP contribution in [0.2, 0.25) is 0 Å². The predicted molar refractivity (Wildman–Crippen MR) is 123 cm³/mol. The van der Waals surface area contributed by atoms with Crippen LogP contribution in [0.4, 0.5) is 0 Å². The molecule has 1 aliphatic heterocycles. The molecule has 0 saturated heterocycles. The molecule has 1 aromatic heterocycles. The van der Waals surface area contributed by atoms with Crippen molar-refractivity contribution in [2.24, 2.45) is 0 Å². The Hall–Kier alpha value is -3.38. The second-order valence-electron chi connectivity index (χ2n) is 7.57. The minimum absolute atomic E-state index is 0.0759. The molecule has 2 heterocycles. The first-order valence-corrected chi connectivity index (χ1v) is 10.9. The second-order valence-corrected chi connectivity index (χ2v) is 8.48. The van der Waals surface area contributed by atoms with Crippen LogP contribution in [0.1, 0.15) is 33.2 Å². The van der Waals surface area contributed by atoms with E-state index in [1.807, 2.05) is 59.5 Å². The lowest BCUT2D eigenvalue weighted by Gasteiger charge is -2.26. The quantitative estimate of drug-likeness (QED) is 0.411. The molecule has 0 saturated carbocycles. The minimum atomic E-state index is -0.285. The van der Waals surface area contributed by atoms with Crippen molar-refractivity contribution in [3.05, 3.63) is 106 Å². The molecule has 0 spiro atoms. The number of phenolic OH excluding ortho intramolecular Hbond substituents is 1. The molecule has 5 rings (SSSR count). The molecule has 0 radical (unpaired) electrons. The molecular weight excluding hydrogens is 454 g/mol. The van der Waals surface area contributed by atoms with Gasteiger partial charge in [0.1, 0.15) is 17.1 Å². The van der Waals surface area contributed by atoms with Gasteiger partial charge in [-0.3, -0.25) is 9.89 Å². The molecule has 3 aromatic carbocycles. The lowest BCUT2D eigenvalue weighted by atomic mass is 9.95. The summed E-state index contributed by atoms with van der Waals surface area (Å²) in [4.78, 5) is 15.3. The second kappa shape index (κ2) is 8.04. The number of phenols is 1. The molecule has 5 nitrogen and oxygen atoms in total. The van der Waals surface area contributed by atoms with Gasteiger partial charge in [0.15, 0.2) is 0 Å². The highest BCUT2D eigenvalue weighted by Gasteiger charge is 2.42. The van der Waals surface area contributed by atoms with Crippen molar-refractivity contribution >= 4 is 21.8 Å². The highest BCUT2D eigenvalue weighted by atomic mass is 79.9. The molecule has 4 aromatic rings. The smallest absolute Gasteiger partial charge is 0.273 e. The van der Waals surface area contributed by atoms with Gasteiger partial charge < -0.3 is 10.0 Å². The number of aromatic nitrogens is 2. The van der Waals surface area contributed by atoms with Gasteiger partial charge in [-0.1, -0.05) is 70.5 Å². The van der Waals surface area contributed by atoms with Gasteiger partial charge in [-0.25, -0.2) is 0 Å². The van der Waals surface area contributed by atoms with Crippen LogP contribution >= 0.6 is 15.9 Å². The number of H-pyrrole nitrogens is 1. The Labute approximate surface area is 188 Å². The lowest BCUT2D eigenvalue weighted by Crippen LogP contribution is -2.31. The number of aromatic hydroxyl groups is 1. The van der Waals surface area contributed by atoms with Gasteiger partial charge in [-0.05, 0) is 41.8 Å². The summed E-state index contributed by atoms with van der Waals surface area (Å²) in [5.74, 6) is 0.0644. The Kier molecular flexibility index (Phi) is 5.08. The van der Waals surface area contributed by atoms with Crippen LogP contribution in [0.5, 0.6) is 5.75 Å². The van der Waals surface area contributed by atoms with Crippen molar-refractivity contribution in [3.63, 3.8) is 0 Å². The number of para-hydroxylation sites is 1. The number of rotatable bonds is 5. The number of benzene rings is 3. The summed E-state index contributed by atoms with van der Waals surface area (Å²) in [6, 6.07) is 25.0. The summed E-state index contributed by atoms with van der Waals surface area (Å²) >= 11 is 3.50. The zero-order chi connectivity index (χ0) is 21.4. The fourth-order valence-electron chi connectivity index (χ4n) is 4.19. The first-order valence-electron chi connectivity index (χ1n) is 10.1. The summed E-state index contributed by atoms with van der Waals surface area (Å²) in [5, 5.41) is 17.8. The number of amides is 1. The molecular formula is C25H20BrN3O2. The maximum atomic E-state index is 13.4. The van der Waals surface area contributed by atoms with E-state index in [4.69, 9.17) is 0 Å². The van der Waals surface area contributed by atoms with Crippen molar-refractivity contribution in [2.45, 2.75) is 12.5 Å². The Balaban J connectivity index is 1.59. The molecule has 1 amide bonds. The molecule has 1 atom stereocenters. The maximum Gasteiger partial charge on any atom is 0.273 e. The Bertz CT molecular complexity index is 1240. The van der Waals surface area contributed by atoms with E-state index >= 15 is 0 Å². The highest BCUT2D eigenvalue weighted by molar-refractivity contribution is 9.10. The molecule has 0 bridgehead atoms. The molecule has 0 aliphatic carbocycles. The normalized spacial score (nSPS) is 15.3. The van der Waals surface area contributed by atoms with Crippen LogP contribution in [0.3, 0.4) is 0 Å². The van der Waals surface area contributed by atoms with Crippen molar-refractivity contribution in [3.8, 4) is 17.0 Å². The Morgan fingerprint density at radius 1 is 0.968 bits per heavy atom. The van der Waals surface area contributed by atoms with Gasteiger partial charge in [0.05, 0.1) is 6.04 Å². The minimum Gasteiger partial charge on any atom is -0.507 e. The number of nitrogens with one attached hydrogen (secondary N) is 1. The summed E-state index contributed by atoms with van der Waals surface area (Å²) < 4.78 is 0.977. The maximum absolute atomic E-state index is 13.4. The number of nitrogens with zero attached hydrogens (tertiary/aromatic N) is 2. The number of halogens is 1. The lowest BCUT2D eigenvalue weighted by molar-refractivity contribution is 0.0746. The Morgan fingerprint density at radius 2 is 1.68 bits per heavy atom. The SMILES string of the molecule is O=C1c2[nH]nc(-c3ccccc3O)c2C(c2ccc(Br)cc2)N1CCc1ccccc1. The third-order valence-electron chi connectivity index (χ3n) is 5.69. The van der Waals surface area contributed by atoms with Crippen LogP contribution in [-0.2, 0) is 6.42 Å². The van der Waals surface area contributed by atoms with Gasteiger partial charge in [0, 0.05) is 22.1 Å². The summed E-state index contributed by atoms with van der Waals surface area (Å²) in [6.07, 6.45) is 0.753. The monoisotopic (exact) mass is 473 g/mol. The number of hydrogen-bond acceptors (Lipinski definition) is 3. The topological polar surface area (TPSA) is 69.2 Å². The highest BCUT2D eigenvalue weighted by Crippen LogP contribution is 2.44. The van der Waals surface area contributed by atoms with Crippen molar-refractivity contribution in [2.75, 3.05) is 6.54 Å². The standard InChI is InChI=1S/C25H20BrN3O2/c26-18-12-10-17(11-13-18)24-21-22(19-8-4-5-9-20(19)30)27-28-23(21)25(31)29(24)15-14-16-6-2-1-3-7-16/h1-13,24,30H,14-15H2,(H,27,28). The average Bonchev–Trinajstić information content (AvgIpc) is 3.33. The van der Waals surface area contributed by atoms with Crippen LogP contribution in [0.15, 0.2) is 83.3 Å². The molecule has 31 heavy (non-hydrogen) atoms. The van der Waals surface area contributed by atoms with Crippen molar-refractivity contribution < 1.29 is 9.90 Å². The van der Waals surface area contributed by atoms with E-state index in [0.717, 1.165) is 22.0 Å². The molecule has 154 valence electrons. The number of carbonyl (C=O) groups excluding carboxylic acids is 1. The van der Waals surface area contributed by atoms with Crippen molar-refractivity contribution in [1.29, 1.82) is 0 Å². The summed E-state index contributed by atoms with van der Waals surface area (Å²) in [7, 11) is 0. The van der Waals surface area contributed by atoms with Gasteiger partial charge in [-0.2, -0.15) is 5.10 Å². The Morgan fingerprint density at radius 3 is 2.42 bits per heavy atom. The van der Waals surface area contributed by atoms with E-state index in [0.29, 0.717) is 23.5 Å². The average molecular weight is 474 g/mol. The van der Waals surface area contributed by atoms with Crippen LogP contribution in [0.25, 0.3) is 11.3 Å². The fourth-order valence-corrected chi connectivity index (χ4v) is 4.46. The third kappa shape index (κ3) is 3.53. The molecule has 0 fully saturated rings. The third-order valence-corrected chi connectivity index (χ3v) is 6.22. The predicted octanol–water partition coefficient (Wildman–Crippen LogP) is 5.33. The van der Waals surface area contributed by atoms with Crippen LogP contribution in [-0.4, -0.2) is 32.7 Å². The van der Waals surface area contributed by atoms with Crippen LogP contribution < -0.4 is 0 Å². The number of carbonyl (C=O) groups is 1. The van der Waals surface area contributed by atoms with E-state index in [-0.39, 0.29) is 17.7 Å².